The van der Waals surface area contributed by atoms with E-state index < -0.39 is 0 Å². The number of epoxide rings is 1. The van der Waals surface area contributed by atoms with Crippen LogP contribution in [0.5, 0.6) is 0 Å². The van der Waals surface area contributed by atoms with Crippen molar-refractivity contribution in [1.29, 1.82) is 0 Å². The molecule has 2 atom stereocenters. The molecule has 1 unspecified atom stereocenters. The van der Waals surface area contributed by atoms with Crippen LogP contribution in [-0.2, 0) is 16.1 Å². The maximum absolute atomic E-state index is 13.2. The molecular formula is C25H30BrNO3. The fourth-order valence-electron chi connectivity index (χ4n) is 3.97. The Balaban J connectivity index is 1.45. The van der Waals surface area contributed by atoms with Crippen molar-refractivity contribution in [2.75, 3.05) is 13.2 Å². The summed E-state index contributed by atoms with van der Waals surface area (Å²) in [4.78, 5) is 15.2. The lowest BCUT2D eigenvalue weighted by molar-refractivity contribution is 0.0742. The van der Waals surface area contributed by atoms with Crippen molar-refractivity contribution >= 4 is 22.0 Å². The second-order valence-electron chi connectivity index (χ2n) is 8.76. The van der Waals surface area contributed by atoms with E-state index in [-0.39, 0.29) is 17.7 Å². The molecule has 160 valence electrons. The van der Waals surface area contributed by atoms with Crippen LogP contribution in [-0.4, -0.2) is 29.7 Å². The summed E-state index contributed by atoms with van der Waals surface area (Å²) in [5.41, 5.74) is 2.27. The molecule has 2 aromatic carbocycles. The van der Waals surface area contributed by atoms with Gasteiger partial charge in [-0.2, -0.15) is 0 Å². The maximum atomic E-state index is 13.2. The Kier molecular flexibility index (Phi) is 6.79. The predicted molar refractivity (Wildman–Crippen MR) is 121 cm³/mol. The van der Waals surface area contributed by atoms with E-state index in [2.05, 4.69) is 47.1 Å². The normalized spacial score (nSPS) is 21.1. The second kappa shape index (κ2) is 9.52. The van der Waals surface area contributed by atoms with Crippen molar-refractivity contribution < 1.29 is 14.3 Å². The van der Waals surface area contributed by atoms with Crippen LogP contribution >= 0.6 is 15.9 Å². The number of ether oxygens (including phenoxy) is 2. The van der Waals surface area contributed by atoms with Gasteiger partial charge in [0.05, 0.1) is 18.2 Å². The minimum Gasteiger partial charge on any atom is -0.445 e. The van der Waals surface area contributed by atoms with Crippen LogP contribution in [0.15, 0.2) is 59.1 Å². The Hall–Kier alpha value is -1.85. The van der Waals surface area contributed by atoms with Gasteiger partial charge in [0.25, 0.3) is 0 Å². The van der Waals surface area contributed by atoms with E-state index >= 15 is 0 Å². The van der Waals surface area contributed by atoms with E-state index in [1.165, 1.54) is 5.56 Å². The van der Waals surface area contributed by atoms with E-state index in [0.29, 0.717) is 19.1 Å². The highest BCUT2D eigenvalue weighted by atomic mass is 79.9. The Morgan fingerprint density at radius 3 is 2.50 bits per heavy atom. The number of carbonyl (C=O) groups excluding carboxylic acids is 1. The minimum atomic E-state index is -0.215. The van der Waals surface area contributed by atoms with Gasteiger partial charge in [-0.15, -0.1) is 0 Å². The molecule has 4 rings (SSSR count). The molecule has 2 aliphatic rings. The van der Waals surface area contributed by atoms with Gasteiger partial charge in [-0.1, -0.05) is 58.4 Å². The summed E-state index contributed by atoms with van der Waals surface area (Å²) in [6, 6.07) is 18.3. The molecule has 0 N–H and O–H groups in total. The molecule has 5 heteroatoms. The molecule has 0 bridgehead atoms. The van der Waals surface area contributed by atoms with Gasteiger partial charge in [-0.05, 0) is 68.2 Å². The van der Waals surface area contributed by atoms with Gasteiger partial charge in [-0.25, -0.2) is 4.79 Å². The van der Waals surface area contributed by atoms with Gasteiger partial charge in [0.15, 0.2) is 0 Å². The first-order chi connectivity index (χ1) is 14.5. The summed E-state index contributed by atoms with van der Waals surface area (Å²) < 4.78 is 12.3. The van der Waals surface area contributed by atoms with Crippen LogP contribution in [0.3, 0.4) is 0 Å². The van der Waals surface area contributed by atoms with E-state index in [9.17, 15) is 4.79 Å². The molecule has 1 amide bonds. The lowest BCUT2D eigenvalue weighted by atomic mass is 10.00. The molecule has 0 aromatic heterocycles. The number of benzene rings is 2. The lowest BCUT2D eigenvalue weighted by Gasteiger charge is -2.32. The summed E-state index contributed by atoms with van der Waals surface area (Å²) in [7, 11) is 0. The smallest absolute Gasteiger partial charge is 0.410 e. The number of hydrogen-bond acceptors (Lipinski definition) is 3. The van der Waals surface area contributed by atoms with Crippen LogP contribution < -0.4 is 0 Å². The Morgan fingerprint density at radius 2 is 1.87 bits per heavy atom. The first-order valence-corrected chi connectivity index (χ1v) is 11.7. The third-order valence-electron chi connectivity index (χ3n) is 6.05. The molecular weight excluding hydrogens is 442 g/mol. The van der Waals surface area contributed by atoms with Crippen LogP contribution in [0.25, 0.3) is 0 Å². The molecule has 30 heavy (non-hydrogen) atoms. The van der Waals surface area contributed by atoms with Crippen molar-refractivity contribution in [1.82, 2.24) is 4.90 Å². The average Bonchev–Trinajstić information content (AvgIpc) is 3.69. The standard InChI is InChI=1S/C25H30BrNO3/c1-25(18-30-25)15-5-6-16-27(24(28)29-17-19-7-3-2-4-8-19)23(20-9-10-20)21-11-13-22(26)14-12-21/h2-4,7-8,11-14,20,23H,5-6,9-10,15-18H2,1H3/t23-,25?/m0/s1. The predicted octanol–water partition coefficient (Wildman–Crippen LogP) is 6.50. The van der Waals surface area contributed by atoms with Crippen LogP contribution in [0, 0.1) is 5.92 Å². The van der Waals surface area contributed by atoms with Gasteiger partial charge < -0.3 is 14.4 Å². The number of amides is 1. The Bertz CT molecular complexity index is 831. The number of rotatable bonds is 10. The van der Waals surface area contributed by atoms with Gasteiger partial charge in [-0.3, -0.25) is 0 Å². The highest BCUT2D eigenvalue weighted by Crippen LogP contribution is 2.45. The van der Waals surface area contributed by atoms with Crippen molar-refractivity contribution in [3.63, 3.8) is 0 Å². The van der Waals surface area contributed by atoms with Crippen molar-refractivity contribution in [2.24, 2.45) is 5.92 Å². The Labute approximate surface area is 187 Å². The first kappa shape index (κ1) is 21.4. The lowest BCUT2D eigenvalue weighted by Crippen LogP contribution is -2.37. The monoisotopic (exact) mass is 471 g/mol. The summed E-state index contributed by atoms with van der Waals surface area (Å²) in [6.45, 7) is 4.04. The molecule has 0 spiro atoms. The zero-order valence-corrected chi connectivity index (χ0v) is 19.1. The molecule has 1 heterocycles. The van der Waals surface area contributed by atoms with Crippen LogP contribution in [0.1, 0.15) is 56.2 Å². The Morgan fingerprint density at radius 1 is 1.17 bits per heavy atom. The molecule has 1 aliphatic heterocycles. The number of unbranched alkanes of at least 4 members (excludes halogenated alkanes) is 1. The zero-order valence-electron chi connectivity index (χ0n) is 17.6. The van der Waals surface area contributed by atoms with E-state index in [4.69, 9.17) is 9.47 Å². The number of carbonyl (C=O) groups is 1. The zero-order chi connectivity index (χ0) is 21.0. The maximum Gasteiger partial charge on any atom is 0.410 e. The molecule has 1 aliphatic carbocycles. The SMILES string of the molecule is CC1(CCCCN(C(=O)OCc2ccccc2)[C@H](c2ccc(Br)cc2)C2CC2)CO1. The van der Waals surface area contributed by atoms with Gasteiger partial charge in [0.1, 0.15) is 6.61 Å². The van der Waals surface area contributed by atoms with Crippen molar-refractivity contribution in [3.05, 3.63) is 70.2 Å². The molecule has 1 saturated heterocycles. The van der Waals surface area contributed by atoms with Gasteiger partial charge >= 0.3 is 6.09 Å². The third kappa shape index (κ3) is 5.86. The van der Waals surface area contributed by atoms with Crippen molar-refractivity contribution in [2.45, 2.75) is 57.3 Å². The molecule has 2 fully saturated rings. The third-order valence-corrected chi connectivity index (χ3v) is 6.58. The first-order valence-electron chi connectivity index (χ1n) is 10.9. The van der Waals surface area contributed by atoms with E-state index in [1.54, 1.807) is 0 Å². The van der Waals surface area contributed by atoms with Crippen LogP contribution in [0.2, 0.25) is 0 Å². The fourth-order valence-corrected chi connectivity index (χ4v) is 4.24. The quantitative estimate of drug-likeness (QED) is 0.293. The summed E-state index contributed by atoms with van der Waals surface area (Å²) >= 11 is 3.52. The second-order valence-corrected chi connectivity index (χ2v) is 9.68. The summed E-state index contributed by atoms with van der Waals surface area (Å²) in [5.74, 6) is 0.514. The van der Waals surface area contributed by atoms with E-state index in [1.807, 2.05) is 35.2 Å². The highest BCUT2D eigenvalue weighted by Gasteiger charge is 2.40. The topological polar surface area (TPSA) is 42.1 Å². The average molecular weight is 472 g/mol. The highest BCUT2D eigenvalue weighted by molar-refractivity contribution is 9.10. The fraction of sp³-hybridized carbons (Fsp3) is 0.480. The molecule has 0 radical (unpaired) electrons. The number of nitrogens with zero attached hydrogens (tertiary/aromatic N) is 1. The van der Waals surface area contributed by atoms with Crippen molar-refractivity contribution in [3.8, 4) is 0 Å². The summed E-state index contributed by atoms with van der Waals surface area (Å²) in [6.07, 6.45) is 5.17. The number of hydrogen-bond donors (Lipinski definition) is 0. The largest absolute Gasteiger partial charge is 0.445 e. The molecule has 4 nitrogen and oxygen atoms in total. The minimum absolute atomic E-state index is 0.0697. The molecule has 2 aromatic rings. The van der Waals surface area contributed by atoms with Gasteiger partial charge in [0.2, 0.25) is 0 Å². The van der Waals surface area contributed by atoms with Gasteiger partial charge in [0, 0.05) is 11.0 Å². The van der Waals surface area contributed by atoms with Crippen LogP contribution in [0.4, 0.5) is 4.79 Å². The summed E-state index contributed by atoms with van der Waals surface area (Å²) in [5, 5.41) is 0. The number of halogens is 1. The molecule has 1 saturated carbocycles. The van der Waals surface area contributed by atoms with E-state index in [0.717, 1.165) is 48.7 Å².